The second kappa shape index (κ2) is 6.23. The Labute approximate surface area is 114 Å². The molecule has 2 rings (SSSR count). The van der Waals surface area contributed by atoms with E-state index >= 15 is 0 Å². The first-order valence-corrected chi connectivity index (χ1v) is 6.63. The Morgan fingerprint density at radius 3 is 2.53 bits per heavy atom. The highest BCUT2D eigenvalue weighted by Gasteiger charge is 2.04. The fraction of sp³-hybridized carbons (Fsp3) is 0.312. The molecule has 0 fully saturated rings. The summed E-state index contributed by atoms with van der Waals surface area (Å²) < 4.78 is 5.79. The van der Waals surface area contributed by atoms with Crippen LogP contribution in [0.25, 0.3) is 0 Å². The fourth-order valence-corrected chi connectivity index (χ4v) is 1.85. The zero-order valence-electron chi connectivity index (χ0n) is 11.7. The predicted molar refractivity (Wildman–Crippen MR) is 79.0 cm³/mol. The topological polar surface area (TPSA) is 34.1 Å². The third-order valence-electron chi connectivity index (χ3n) is 3.30. The van der Waals surface area contributed by atoms with Gasteiger partial charge in [-0.3, -0.25) is 4.98 Å². The molecule has 1 heterocycles. The number of rotatable bonds is 5. The number of hydrogen-bond donors (Lipinski definition) is 1. The van der Waals surface area contributed by atoms with Crippen molar-refractivity contribution in [2.24, 2.45) is 0 Å². The minimum absolute atomic E-state index is 0.586. The van der Waals surface area contributed by atoms with E-state index in [9.17, 15) is 0 Å². The van der Waals surface area contributed by atoms with Gasteiger partial charge < -0.3 is 10.1 Å². The normalized spacial score (nSPS) is 11.9. The van der Waals surface area contributed by atoms with Gasteiger partial charge in [-0.05, 0) is 30.0 Å². The first kappa shape index (κ1) is 13.4. The van der Waals surface area contributed by atoms with Crippen LogP contribution >= 0.6 is 0 Å². The van der Waals surface area contributed by atoms with E-state index in [2.05, 4.69) is 36.3 Å². The quantitative estimate of drug-likeness (QED) is 0.859. The van der Waals surface area contributed by atoms with E-state index in [0.29, 0.717) is 5.92 Å². The number of pyridine rings is 1. The summed E-state index contributed by atoms with van der Waals surface area (Å²) in [6, 6.07) is 10.2. The molecule has 0 saturated heterocycles. The molecule has 0 aliphatic rings. The lowest BCUT2D eigenvalue weighted by atomic mass is 9.99. The van der Waals surface area contributed by atoms with Crippen molar-refractivity contribution in [2.45, 2.75) is 26.2 Å². The number of benzene rings is 1. The molecule has 100 valence electrons. The Balaban J connectivity index is 2.10. The van der Waals surface area contributed by atoms with E-state index in [1.165, 1.54) is 5.56 Å². The van der Waals surface area contributed by atoms with E-state index in [0.717, 1.165) is 23.6 Å². The van der Waals surface area contributed by atoms with Crippen molar-refractivity contribution in [1.82, 2.24) is 4.98 Å². The van der Waals surface area contributed by atoms with Crippen LogP contribution in [0.5, 0.6) is 11.5 Å². The van der Waals surface area contributed by atoms with Gasteiger partial charge >= 0.3 is 0 Å². The smallest absolute Gasteiger partial charge is 0.147 e. The Hall–Kier alpha value is -2.03. The van der Waals surface area contributed by atoms with E-state index in [4.69, 9.17) is 4.74 Å². The number of anilines is 1. The molecule has 1 N–H and O–H groups in total. The Kier molecular flexibility index (Phi) is 4.39. The molecule has 0 amide bonds. The van der Waals surface area contributed by atoms with Gasteiger partial charge in [0.05, 0.1) is 18.1 Å². The van der Waals surface area contributed by atoms with Crippen molar-refractivity contribution in [2.75, 3.05) is 12.4 Å². The van der Waals surface area contributed by atoms with Crippen LogP contribution in [0.15, 0.2) is 42.7 Å². The van der Waals surface area contributed by atoms with Gasteiger partial charge in [-0.2, -0.15) is 0 Å². The van der Waals surface area contributed by atoms with Crippen LogP contribution in [0.2, 0.25) is 0 Å². The minimum Gasteiger partial charge on any atom is -0.456 e. The minimum atomic E-state index is 0.586. The molecule has 1 atom stereocenters. The number of nitrogens with zero attached hydrogens (tertiary/aromatic N) is 1. The fourth-order valence-electron chi connectivity index (χ4n) is 1.85. The van der Waals surface area contributed by atoms with Gasteiger partial charge in [-0.1, -0.05) is 26.0 Å². The third-order valence-corrected chi connectivity index (χ3v) is 3.30. The van der Waals surface area contributed by atoms with Crippen molar-refractivity contribution in [3.63, 3.8) is 0 Å². The van der Waals surface area contributed by atoms with E-state index in [-0.39, 0.29) is 0 Å². The van der Waals surface area contributed by atoms with Gasteiger partial charge in [0.2, 0.25) is 0 Å². The maximum absolute atomic E-state index is 5.79. The van der Waals surface area contributed by atoms with E-state index in [1.54, 1.807) is 12.4 Å². The standard InChI is InChI=1S/C16H20N2O/c1-4-12(2)13-5-7-15(8-6-13)19-16-9-14(17-3)10-18-11-16/h5-12,17H,4H2,1-3H3. The number of hydrogen-bond acceptors (Lipinski definition) is 3. The zero-order chi connectivity index (χ0) is 13.7. The van der Waals surface area contributed by atoms with Crippen LogP contribution < -0.4 is 10.1 Å². The van der Waals surface area contributed by atoms with Crippen molar-refractivity contribution < 1.29 is 4.74 Å². The molecular weight excluding hydrogens is 236 g/mol. The molecule has 0 aliphatic carbocycles. The highest BCUT2D eigenvalue weighted by molar-refractivity contribution is 5.45. The summed E-state index contributed by atoms with van der Waals surface area (Å²) in [5.41, 5.74) is 2.28. The van der Waals surface area contributed by atoms with Crippen LogP contribution in [-0.4, -0.2) is 12.0 Å². The monoisotopic (exact) mass is 256 g/mol. The van der Waals surface area contributed by atoms with Gasteiger partial charge in [0.1, 0.15) is 11.5 Å². The van der Waals surface area contributed by atoms with Gasteiger partial charge in [0, 0.05) is 13.1 Å². The van der Waals surface area contributed by atoms with Gasteiger partial charge in [-0.25, -0.2) is 0 Å². The predicted octanol–water partition coefficient (Wildman–Crippen LogP) is 4.43. The lowest BCUT2D eigenvalue weighted by molar-refractivity contribution is 0.480. The molecule has 0 saturated carbocycles. The summed E-state index contributed by atoms with van der Waals surface area (Å²) in [7, 11) is 1.86. The summed E-state index contributed by atoms with van der Waals surface area (Å²) in [4.78, 5) is 4.12. The Bertz CT molecular complexity index is 523. The van der Waals surface area contributed by atoms with Gasteiger partial charge in [-0.15, -0.1) is 0 Å². The molecular formula is C16H20N2O. The number of nitrogens with one attached hydrogen (secondary N) is 1. The van der Waals surface area contributed by atoms with Crippen molar-refractivity contribution in [3.8, 4) is 11.5 Å². The van der Waals surface area contributed by atoms with Crippen molar-refractivity contribution in [1.29, 1.82) is 0 Å². The lowest BCUT2D eigenvalue weighted by Gasteiger charge is -2.11. The molecule has 1 aromatic carbocycles. The maximum atomic E-state index is 5.79. The highest BCUT2D eigenvalue weighted by atomic mass is 16.5. The largest absolute Gasteiger partial charge is 0.456 e. The summed E-state index contributed by atoms with van der Waals surface area (Å²) in [6.07, 6.45) is 4.62. The summed E-state index contributed by atoms with van der Waals surface area (Å²) >= 11 is 0. The molecule has 2 aromatic rings. The van der Waals surface area contributed by atoms with Crippen LogP contribution in [-0.2, 0) is 0 Å². The molecule has 0 aliphatic heterocycles. The average Bonchev–Trinajstić information content (AvgIpc) is 2.47. The summed E-state index contributed by atoms with van der Waals surface area (Å²) in [5, 5.41) is 3.04. The van der Waals surface area contributed by atoms with Crippen molar-refractivity contribution in [3.05, 3.63) is 48.3 Å². The summed E-state index contributed by atoms with van der Waals surface area (Å²) in [6.45, 7) is 4.43. The van der Waals surface area contributed by atoms with Crippen LogP contribution in [0.3, 0.4) is 0 Å². The second-order valence-electron chi connectivity index (χ2n) is 4.64. The molecule has 3 heteroatoms. The van der Waals surface area contributed by atoms with Gasteiger partial charge in [0.15, 0.2) is 0 Å². The SMILES string of the molecule is CCC(C)c1ccc(Oc2cncc(NC)c2)cc1. The molecule has 19 heavy (non-hydrogen) atoms. The van der Waals surface area contributed by atoms with Crippen LogP contribution in [0.4, 0.5) is 5.69 Å². The first-order valence-electron chi connectivity index (χ1n) is 6.63. The van der Waals surface area contributed by atoms with E-state index in [1.807, 2.05) is 25.2 Å². The molecule has 1 unspecified atom stereocenters. The number of ether oxygens (including phenoxy) is 1. The van der Waals surface area contributed by atoms with E-state index < -0.39 is 0 Å². The molecule has 0 spiro atoms. The zero-order valence-corrected chi connectivity index (χ0v) is 11.7. The van der Waals surface area contributed by atoms with Gasteiger partial charge in [0.25, 0.3) is 0 Å². The highest BCUT2D eigenvalue weighted by Crippen LogP contribution is 2.25. The molecule has 0 radical (unpaired) electrons. The average molecular weight is 256 g/mol. The Morgan fingerprint density at radius 1 is 1.16 bits per heavy atom. The van der Waals surface area contributed by atoms with Crippen LogP contribution in [0.1, 0.15) is 31.7 Å². The Morgan fingerprint density at radius 2 is 1.89 bits per heavy atom. The van der Waals surface area contributed by atoms with Crippen LogP contribution in [0, 0.1) is 0 Å². The molecule has 0 bridgehead atoms. The number of aromatic nitrogens is 1. The third kappa shape index (κ3) is 3.47. The van der Waals surface area contributed by atoms with Crippen molar-refractivity contribution >= 4 is 5.69 Å². The molecule has 1 aromatic heterocycles. The molecule has 3 nitrogen and oxygen atoms in total. The second-order valence-corrected chi connectivity index (χ2v) is 4.64. The summed E-state index contributed by atoms with van der Waals surface area (Å²) in [5.74, 6) is 2.16. The lowest BCUT2D eigenvalue weighted by Crippen LogP contribution is -1.93. The first-order chi connectivity index (χ1) is 9.22. The maximum Gasteiger partial charge on any atom is 0.147 e.